The van der Waals surface area contributed by atoms with E-state index in [9.17, 15) is 14.7 Å². The standard InChI is InChI=1S/C34H40N5O4/c1-34(33(42)39-28(14-20-8-4-3-5-9-20)31(41)38-13-7-12-26(38)32(39)43-34)19-36-30(40)22-15-24-23-10-6-11-25-29(23)21(17-35-25)16-27(24)37(2)18-22/h3-6,8-11,21-22,24,26-28,31-32,35,41H,7,12-18H2,1-2H3/q+1/t21?,22-,24?,26+,27-,28+,31?,32?,34+/m1/s1. The molecule has 5 aliphatic heterocycles. The largest absolute Gasteiger partial charge is 0.519 e. The summed E-state index contributed by atoms with van der Waals surface area (Å²) in [5.74, 6) is -0.00806. The van der Waals surface area contributed by atoms with Crippen LogP contribution < -0.4 is 5.32 Å². The molecule has 4 saturated heterocycles. The van der Waals surface area contributed by atoms with Crippen LogP contribution in [0, 0.1) is 12.0 Å². The molecular formula is C34H40N5O4+. The number of anilines is 1. The van der Waals surface area contributed by atoms with E-state index in [4.69, 9.17) is 4.74 Å². The molecule has 4 unspecified atom stereocenters. The van der Waals surface area contributed by atoms with Crippen LogP contribution in [0.1, 0.15) is 61.1 Å². The first-order valence-electron chi connectivity index (χ1n) is 15.9. The number of benzene rings is 2. The fourth-order valence-corrected chi connectivity index (χ4v) is 9.04. The third-order valence-electron chi connectivity index (χ3n) is 11.1. The Balaban J connectivity index is 1.05. The molecule has 224 valence electrons. The van der Waals surface area contributed by atoms with Gasteiger partial charge >= 0.3 is 12.0 Å². The third kappa shape index (κ3) is 4.26. The maximum absolute atomic E-state index is 14.1. The number of fused-ring (bicyclic) bond motifs is 5. The van der Waals surface area contributed by atoms with Crippen molar-refractivity contribution in [2.45, 2.75) is 87.0 Å². The Morgan fingerprint density at radius 2 is 2.00 bits per heavy atom. The average molecular weight is 583 g/mol. The molecule has 9 nitrogen and oxygen atoms in total. The second-order valence-corrected chi connectivity index (χ2v) is 13.6. The number of rotatable bonds is 3. The van der Waals surface area contributed by atoms with Crippen LogP contribution in [-0.4, -0.2) is 94.5 Å². The van der Waals surface area contributed by atoms with Gasteiger partial charge in [0.1, 0.15) is 12.1 Å². The highest BCUT2D eigenvalue weighted by molar-refractivity contribution is 5.94. The van der Waals surface area contributed by atoms with E-state index in [1.807, 2.05) is 30.3 Å². The van der Waals surface area contributed by atoms with Gasteiger partial charge in [0.2, 0.25) is 0 Å². The Morgan fingerprint density at radius 1 is 1.16 bits per heavy atom. The number of likely N-dealkylation sites (tertiary alicyclic amines) is 1. The maximum Gasteiger partial charge on any atom is 0.519 e. The van der Waals surface area contributed by atoms with Crippen molar-refractivity contribution in [3.05, 3.63) is 70.1 Å². The lowest BCUT2D eigenvalue weighted by molar-refractivity contribution is -0.180. The number of piperidine rings is 1. The molecule has 8 rings (SSSR count). The number of aliphatic hydroxyl groups is 1. The summed E-state index contributed by atoms with van der Waals surface area (Å²) in [6.45, 7) is 4.06. The summed E-state index contributed by atoms with van der Waals surface area (Å²) in [7, 11) is 2.12. The van der Waals surface area contributed by atoms with E-state index in [2.05, 4.69) is 51.3 Å². The number of hydrogen-bond donors (Lipinski definition) is 2. The molecule has 0 spiro atoms. The molecule has 9 heteroatoms. The van der Waals surface area contributed by atoms with Crippen molar-refractivity contribution in [2.75, 3.05) is 32.0 Å². The highest BCUT2D eigenvalue weighted by atomic mass is 16.6. The Labute approximate surface area is 252 Å². The smallest absolute Gasteiger partial charge is 0.384 e. The number of hydrogen-bond acceptors (Lipinski definition) is 7. The number of ether oxygens (including phenoxy) is 1. The van der Waals surface area contributed by atoms with Gasteiger partial charge in [-0.1, -0.05) is 42.5 Å². The highest BCUT2D eigenvalue weighted by Crippen LogP contribution is 2.51. The molecule has 0 bridgehead atoms. The van der Waals surface area contributed by atoms with E-state index >= 15 is 0 Å². The summed E-state index contributed by atoms with van der Waals surface area (Å²) in [6, 6.07) is 19.2. The van der Waals surface area contributed by atoms with Crippen LogP contribution in [0.25, 0.3) is 4.85 Å². The fourth-order valence-electron chi connectivity index (χ4n) is 9.04. The highest BCUT2D eigenvalue weighted by Gasteiger charge is 2.63. The van der Waals surface area contributed by atoms with E-state index in [1.165, 1.54) is 16.8 Å². The molecule has 2 amide bonds. The van der Waals surface area contributed by atoms with Crippen molar-refractivity contribution in [3.8, 4) is 6.07 Å². The van der Waals surface area contributed by atoms with E-state index in [0.29, 0.717) is 24.9 Å². The van der Waals surface area contributed by atoms with Gasteiger partial charge in [0.15, 0.2) is 6.23 Å². The molecule has 6 aliphatic rings. The monoisotopic (exact) mass is 582 g/mol. The molecule has 2 aromatic rings. The van der Waals surface area contributed by atoms with Gasteiger partial charge in [-0.05, 0) is 68.8 Å². The minimum atomic E-state index is -1.49. The van der Waals surface area contributed by atoms with E-state index < -0.39 is 24.1 Å². The van der Waals surface area contributed by atoms with Crippen molar-refractivity contribution in [3.63, 3.8) is 0 Å². The van der Waals surface area contributed by atoms with Gasteiger partial charge in [0.05, 0.1) is 12.1 Å². The number of nitrogens with zero attached hydrogens (tertiary/aromatic N) is 4. The van der Waals surface area contributed by atoms with Gasteiger partial charge in [-0.25, -0.2) is 4.79 Å². The zero-order chi connectivity index (χ0) is 29.5. The number of aliphatic hydroxyl groups excluding tert-OH is 1. The molecule has 0 radical (unpaired) electrons. The van der Waals surface area contributed by atoms with Gasteiger partial charge in [-0.15, -0.1) is 0 Å². The number of amides is 2. The number of nitrogens with one attached hydrogen (secondary N) is 1. The van der Waals surface area contributed by atoms with Crippen LogP contribution in [0.4, 0.5) is 5.69 Å². The van der Waals surface area contributed by atoms with E-state index in [1.54, 1.807) is 11.8 Å². The maximum atomic E-state index is 14.1. The Hall–Kier alpha value is -3.29. The van der Waals surface area contributed by atoms with Crippen LogP contribution in [-0.2, 0) is 20.7 Å². The summed E-state index contributed by atoms with van der Waals surface area (Å²) < 4.78 is 6.47. The van der Waals surface area contributed by atoms with Crippen LogP contribution in [0.2, 0.25) is 0 Å². The van der Waals surface area contributed by atoms with Gasteiger partial charge in [-0.2, -0.15) is 0 Å². The van der Waals surface area contributed by atoms with Crippen LogP contribution >= 0.6 is 0 Å². The molecule has 9 atom stereocenters. The first-order chi connectivity index (χ1) is 20.8. The average Bonchev–Trinajstić information content (AvgIpc) is 3.73. The number of likely N-dealkylation sites (N-methyl/N-ethyl adjacent to an activating group) is 1. The molecule has 5 heterocycles. The number of carbonyl (C=O) groups excluding carboxylic acids is 2. The summed E-state index contributed by atoms with van der Waals surface area (Å²) in [5.41, 5.74) is 3.60. The first kappa shape index (κ1) is 27.3. The molecule has 1 aliphatic carbocycles. The van der Waals surface area contributed by atoms with Gasteiger partial charge < -0.3 is 25.0 Å². The number of carbonyl (C=O) groups is 2. The molecular weight excluding hydrogens is 542 g/mol. The number of piperazine rings is 1. The molecule has 4 fully saturated rings. The Bertz CT molecular complexity index is 1520. The third-order valence-corrected chi connectivity index (χ3v) is 11.1. The van der Waals surface area contributed by atoms with E-state index in [-0.39, 0.29) is 29.7 Å². The Morgan fingerprint density at radius 3 is 2.84 bits per heavy atom. The second kappa shape index (κ2) is 10.1. The summed E-state index contributed by atoms with van der Waals surface area (Å²) >= 11 is 0. The quantitative estimate of drug-likeness (QED) is 0.575. The Kier molecular flexibility index (Phi) is 6.43. The summed E-state index contributed by atoms with van der Waals surface area (Å²) in [4.78, 5) is 38.1. The SMILES string of the molecule is CN1C[C@H](C(=O)[N+]#C[C@]2(C)OC3[C@@H]4CCCN4C(O)[C@H](Cc4ccccc4)N3C2=O)CC2c3cccc4c3C(CN4)C[C@H]21. The minimum Gasteiger partial charge on any atom is -0.384 e. The zero-order valence-corrected chi connectivity index (χ0v) is 24.9. The summed E-state index contributed by atoms with van der Waals surface area (Å²) in [5, 5.41) is 15.0. The lowest BCUT2D eigenvalue weighted by Crippen LogP contribution is -2.66. The van der Waals surface area contributed by atoms with Gasteiger partial charge in [0.25, 0.3) is 11.5 Å². The van der Waals surface area contributed by atoms with Gasteiger partial charge in [-0.3, -0.25) is 9.69 Å². The fraction of sp³-hybridized carbons (Fsp3) is 0.559. The topological polar surface area (TPSA) is 89.7 Å². The van der Waals surface area contributed by atoms with E-state index in [0.717, 1.165) is 44.3 Å². The molecule has 0 aromatic heterocycles. The van der Waals surface area contributed by atoms with Crippen molar-refractivity contribution >= 4 is 17.5 Å². The lowest BCUT2D eigenvalue weighted by atomic mass is 9.68. The van der Waals surface area contributed by atoms with Crippen molar-refractivity contribution in [1.29, 1.82) is 0 Å². The second-order valence-electron chi connectivity index (χ2n) is 13.6. The molecule has 0 saturated carbocycles. The normalized spacial score (nSPS) is 37.9. The summed E-state index contributed by atoms with van der Waals surface area (Å²) in [6.07, 6.45) is 2.83. The molecule has 2 aromatic carbocycles. The van der Waals surface area contributed by atoms with Crippen LogP contribution in [0.15, 0.2) is 48.5 Å². The van der Waals surface area contributed by atoms with Crippen LogP contribution in [0.5, 0.6) is 0 Å². The molecule has 43 heavy (non-hydrogen) atoms. The molecule has 2 N–H and O–H groups in total. The lowest BCUT2D eigenvalue weighted by Gasteiger charge is -2.48. The van der Waals surface area contributed by atoms with Crippen molar-refractivity contribution < 1.29 is 19.4 Å². The first-order valence-corrected chi connectivity index (χ1v) is 15.9. The predicted molar refractivity (Wildman–Crippen MR) is 162 cm³/mol. The van der Waals surface area contributed by atoms with Gasteiger partial charge in [0, 0.05) is 48.0 Å². The van der Waals surface area contributed by atoms with Crippen molar-refractivity contribution in [2.24, 2.45) is 5.92 Å². The minimum absolute atomic E-state index is 0.0913. The zero-order valence-electron chi connectivity index (χ0n) is 24.9. The van der Waals surface area contributed by atoms with Crippen molar-refractivity contribution in [1.82, 2.24) is 14.7 Å². The predicted octanol–water partition coefficient (Wildman–Crippen LogP) is 3.21. The van der Waals surface area contributed by atoms with Crippen LogP contribution in [0.3, 0.4) is 0 Å².